The molecule has 12 heavy (non-hydrogen) atoms. The number of nitrogens with zero attached hydrogens (tertiary/aromatic N) is 1. The van der Waals surface area contributed by atoms with Crippen molar-refractivity contribution < 1.29 is 4.90 Å². The van der Waals surface area contributed by atoms with E-state index in [0.29, 0.717) is 0 Å². The molecule has 0 aromatic carbocycles. The van der Waals surface area contributed by atoms with Crippen LogP contribution >= 0.6 is 0 Å². The molecule has 1 N–H and O–H groups in total. The van der Waals surface area contributed by atoms with Crippen LogP contribution in [-0.4, -0.2) is 18.1 Å². The van der Waals surface area contributed by atoms with Crippen molar-refractivity contribution in [3.8, 4) is 0 Å². The van der Waals surface area contributed by atoms with Gasteiger partial charge in [0.1, 0.15) is 6.54 Å². The molecule has 0 bridgehead atoms. The van der Waals surface area contributed by atoms with Gasteiger partial charge >= 0.3 is 0 Å². The van der Waals surface area contributed by atoms with Crippen molar-refractivity contribution in [3.63, 3.8) is 0 Å². The molecular formula is C10H15N2+. The lowest BCUT2D eigenvalue weighted by atomic mass is 10.3. The average molecular weight is 163 g/mol. The molecule has 0 amide bonds. The van der Waals surface area contributed by atoms with Crippen molar-refractivity contribution in [1.29, 1.82) is 0 Å². The van der Waals surface area contributed by atoms with Gasteiger partial charge in [-0.1, -0.05) is 6.07 Å². The zero-order chi connectivity index (χ0) is 8.23. The summed E-state index contributed by atoms with van der Waals surface area (Å²) in [6.45, 7) is 3.84. The summed E-state index contributed by atoms with van der Waals surface area (Å²) in [5.74, 6) is 0. The Bertz CT molecular complexity index is 227. The van der Waals surface area contributed by atoms with Crippen molar-refractivity contribution in [1.82, 2.24) is 4.98 Å². The highest BCUT2D eigenvalue weighted by Crippen LogP contribution is 1.95. The molecule has 0 spiro atoms. The summed E-state index contributed by atoms with van der Waals surface area (Å²) in [7, 11) is 0. The van der Waals surface area contributed by atoms with Crippen LogP contribution in [0.4, 0.5) is 0 Å². The van der Waals surface area contributed by atoms with E-state index in [-0.39, 0.29) is 0 Å². The molecule has 1 aliphatic heterocycles. The Morgan fingerprint density at radius 1 is 1.33 bits per heavy atom. The van der Waals surface area contributed by atoms with Gasteiger partial charge in [-0.05, 0) is 6.07 Å². The van der Waals surface area contributed by atoms with Crippen molar-refractivity contribution in [3.05, 3.63) is 30.1 Å². The first-order valence-corrected chi connectivity index (χ1v) is 4.67. The number of rotatable bonds is 2. The van der Waals surface area contributed by atoms with Crippen LogP contribution in [0.5, 0.6) is 0 Å². The molecule has 1 aromatic heterocycles. The first-order valence-electron chi connectivity index (χ1n) is 4.67. The Morgan fingerprint density at radius 2 is 2.17 bits per heavy atom. The van der Waals surface area contributed by atoms with Gasteiger partial charge in [-0.3, -0.25) is 4.98 Å². The highest BCUT2D eigenvalue weighted by Gasteiger charge is 2.14. The molecule has 0 saturated carbocycles. The molecule has 0 unspecified atom stereocenters. The predicted octanol–water partition coefficient (Wildman–Crippen LogP) is 0.260. The second-order valence-electron chi connectivity index (χ2n) is 3.50. The van der Waals surface area contributed by atoms with Gasteiger partial charge in [0.05, 0.1) is 13.1 Å². The van der Waals surface area contributed by atoms with Crippen LogP contribution in [0.3, 0.4) is 0 Å². The van der Waals surface area contributed by atoms with Crippen LogP contribution in [-0.2, 0) is 6.54 Å². The zero-order valence-electron chi connectivity index (χ0n) is 7.29. The van der Waals surface area contributed by atoms with Crippen LogP contribution < -0.4 is 4.90 Å². The fourth-order valence-corrected chi connectivity index (χ4v) is 1.84. The third-order valence-electron chi connectivity index (χ3n) is 2.49. The average Bonchev–Trinajstić information content (AvgIpc) is 2.59. The largest absolute Gasteiger partial charge is 0.331 e. The Labute approximate surface area is 73.2 Å². The first kappa shape index (κ1) is 7.74. The smallest absolute Gasteiger partial charge is 0.104 e. The molecule has 2 rings (SSSR count). The first-order chi connectivity index (χ1) is 5.95. The summed E-state index contributed by atoms with van der Waals surface area (Å²) in [4.78, 5) is 5.82. The van der Waals surface area contributed by atoms with Crippen LogP contribution in [0.2, 0.25) is 0 Å². The molecule has 1 aliphatic rings. The van der Waals surface area contributed by atoms with Gasteiger partial charge < -0.3 is 4.90 Å². The fourth-order valence-electron chi connectivity index (χ4n) is 1.84. The van der Waals surface area contributed by atoms with E-state index in [2.05, 4.69) is 11.1 Å². The van der Waals surface area contributed by atoms with Gasteiger partial charge in [-0.2, -0.15) is 0 Å². The predicted molar refractivity (Wildman–Crippen MR) is 47.9 cm³/mol. The quantitative estimate of drug-likeness (QED) is 0.662. The van der Waals surface area contributed by atoms with E-state index in [9.17, 15) is 0 Å². The summed E-state index contributed by atoms with van der Waals surface area (Å²) >= 11 is 0. The third-order valence-corrected chi connectivity index (χ3v) is 2.49. The lowest BCUT2D eigenvalue weighted by Gasteiger charge is -2.10. The normalized spacial score (nSPS) is 18.3. The van der Waals surface area contributed by atoms with Crippen molar-refractivity contribution in [2.75, 3.05) is 13.1 Å². The SMILES string of the molecule is c1cncc(C[NH+]2CCCC2)c1. The zero-order valence-corrected chi connectivity index (χ0v) is 7.29. The minimum Gasteiger partial charge on any atom is -0.331 e. The summed E-state index contributed by atoms with van der Waals surface area (Å²) in [6.07, 6.45) is 6.61. The number of pyridine rings is 1. The van der Waals surface area contributed by atoms with Gasteiger partial charge in [-0.25, -0.2) is 0 Å². The van der Waals surface area contributed by atoms with E-state index in [1.165, 1.54) is 31.5 Å². The maximum absolute atomic E-state index is 4.11. The Hall–Kier alpha value is -0.890. The molecule has 0 radical (unpaired) electrons. The topological polar surface area (TPSA) is 17.3 Å². The number of quaternary nitrogens is 1. The van der Waals surface area contributed by atoms with E-state index in [0.717, 1.165) is 6.54 Å². The Morgan fingerprint density at radius 3 is 2.83 bits per heavy atom. The third kappa shape index (κ3) is 1.83. The minimum atomic E-state index is 1.16. The van der Waals surface area contributed by atoms with Crippen LogP contribution in [0.1, 0.15) is 18.4 Å². The van der Waals surface area contributed by atoms with Crippen LogP contribution in [0, 0.1) is 0 Å². The number of nitrogens with one attached hydrogen (secondary N) is 1. The number of aromatic nitrogens is 1. The second-order valence-corrected chi connectivity index (χ2v) is 3.50. The van der Waals surface area contributed by atoms with Crippen molar-refractivity contribution in [2.24, 2.45) is 0 Å². The van der Waals surface area contributed by atoms with E-state index in [1.807, 2.05) is 18.5 Å². The molecule has 1 aromatic rings. The Balaban J connectivity index is 1.94. The van der Waals surface area contributed by atoms with E-state index >= 15 is 0 Å². The van der Waals surface area contributed by atoms with Gasteiger partial charge in [0.15, 0.2) is 0 Å². The van der Waals surface area contributed by atoms with Gasteiger partial charge in [0, 0.05) is 30.8 Å². The lowest BCUT2D eigenvalue weighted by Crippen LogP contribution is -3.08. The molecule has 1 saturated heterocycles. The molecular weight excluding hydrogens is 148 g/mol. The molecule has 0 atom stereocenters. The van der Waals surface area contributed by atoms with Crippen LogP contribution in [0.15, 0.2) is 24.5 Å². The van der Waals surface area contributed by atoms with E-state index < -0.39 is 0 Å². The summed E-state index contributed by atoms with van der Waals surface area (Å²) in [5.41, 5.74) is 1.37. The highest BCUT2D eigenvalue weighted by atomic mass is 15.1. The van der Waals surface area contributed by atoms with Crippen molar-refractivity contribution >= 4 is 0 Å². The molecule has 0 aliphatic carbocycles. The van der Waals surface area contributed by atoms with E-state index in [4.69, 9.17) is 0 Å². The summed E-state index contributed by atoms with van der Waals surface area (Å²) < 4.78 is 0. The lowest BCUT2D eigenvalue weighted by molar-refractivity contribution is -0.901. The van der Waals surface area contributed by atoms with E-state index in [1.54, 1.807) is 4.90 Å². The molecule has 2 heteroatoms. The standard InChI is InChI=1S/C10H14N2/c1-2-7-12(6-1)9-10-4-3-5-11-8-10/h3-5,8H,1-2,6-7,9H2/p+1. The van der Waals surface area contributed by atoms with Gasteiger partial charge in [-0.15, -0.1) is 0 Å². The minimum absolute atomic E-state index is 1.16. The number of hydrogen-bond acceptors (Lipinski definition) is 1. The molecule has 2 nitrogen and oxygen atoms in total. The van der Waals surface area contributed by atoms with Gasteiger partial charge in [0.2, 0.25) is 0 Å². The molecule has 64 valence electrons. The fraction of sp³-hybridized carbons (Fsp3) is 0.500. The maximum Gasteiger partial charge on any atom is 0.104 e. The molecule has 2 heterocycles. The second kappa shape index (κ2) is 3.68. The summed E-state index contributed by atoms with van der Waals surface area (Å²) in [6, 6.07) is 4.18. The highest BCUT2D eigenvalue weighted by molar-refractivity contribution is 5.06. The Kier molecular flexibility index (Phi) is 2.37. The number of likely N-dealkylation sites (tertiary alicyclic amines) is 1. The summed E-state index contributed by atoms with van der Waals surface area (Å²) in [5, 5.41) is 0. The van der Waals surface area contributed by atoms with Gasteiger partial charge in [0.25, 0.3) is 0 Å². The molecule has 1 fully saturated rings. The number of hydrogen-bond donors (Lipinski definition) is 1. The maximum atomic E-state index is 4.11. The van der Waals surface area contributed by atoms with Crippen molar-refractivity contribution in [2.45, 2.75) is 19.4 Å². The monoisotopic (exact) mass is 163 g/mol. The van der Waals surface area contributed by atoms with Crippen LogP contribution in [0.25, 0.3) is 0 Å².